The first-order chi connectivity index (χ1) is 13.7. The van der Waals surface area contributed by atoms with Gasteiger partial charge in [-0.3, -0.25) is 4.79 Å². The van der Waals surface area contributed by atoms with E-state index in [0.29, 0.717) is 13.0 Å². The Kier molecular flexibility index (Phi) is 5.15. The highest BCUT2D eigenvalue weighted by molar-refractivity contribution is 5.92. The van der Waals surface area contributed by atoms with E-state index in [1.807, 2.05) is 73.7 Å². The predicted octanol–water partition coefficient (Wildman–Crippen LogP) is 4.52. The Bertz CT molecular complexity index is 983. The second kappa shape index (κ2) is 8.05. The second-order valence-electron chi connectivity index (χ2n) is 6.83. The van der Waals surface area contributed by atoms with Crippen LogP contribution in [0.25, 0.3) is 0 Å². The van der Waals surface area contributed by atoms with E-state index in [4.69, 9.17) is 9.47 Å². The molecule has 142 valence electrons. The number of carbonyl (C=O) groups is 1. The number of benzene rings is 3. The first-order valence-corrected chi connectivity index (χ1v) is 9.23. The highest BCUT2D eigenvalue weighted by atomic mass is 16.7. The van der Waals surface area contributed by atoms with Crippen molar-refractivity contribution in [3.05, 3.63) is 83.4 Å². The van der Waals surface area contributed by atoms with Crippen LogP contribution in [0.3, 0.4) is 0 Å². The van der Waals surface area contributed by atoms with Crippen LogP contribution in [0.4, 0.5) is 11.4 Å². The summed E-state index contributed by atoms with van der Waals surface area (Å²) in [4.78, 5) is 12.2. The standard InChI is InChI=1S/C23H22N2O3/c1-16-3-2-4-17(11-16)13-23(26)25-20-8-6-19(7-9-20)24-14-18-5-10-21-22(12-18)28-15-27-21/h2-12,24H,13-15H2,1H3,(H,25,26). The van der Waals surface area contributed by atoms with Crippen molar-refractivity contribution < 1.29 is 14.3 Å². The van der Waals surface area contributed by atoms with Crippen molar-refractivity contribution in [3.8, 4) is 11.5 Å². The number of anilines is 2. The minimum absolute atomic E-state index is 0.0216. The minimum Gasteiger partial charge on any atom is -0.454 e. The monoisotopic (exact) mass is 374 g/mol. The average Bonchev–Trinajstić information content (AvgIpc) is 3.15. The van der Waals surface area contributed by atoms with Crippen molar-refractivity contribution >= 4 is 17.3 Å². The van der Waals surface area contributed by atoms with Gasteiger partial charge in [-0.25, -0.2) is 0 Å². The maximum absolute atomic E-state index is 12.2. The van der Waals surface area contributed by atoms with Crippen LogP contribution in [0.5, 0.6) is 11.5 Å². The SMILES string of the molecule is Cc1cccc(CC(=O)Nc2ccc(NCc3ccc4c(c3)OCO4)cc2)c1. The number of aryl methyl sites for hydroxylation is 1. The van der Waals surface area contributed by atoms with Gasteiger partial charge in [0, 0.05) is 17.9 Å². The molecule has 0 spiro atoms. The van der Waals surface area contributed by atoms with Crippen LogP contribution < -0.4 is 20.1 Å². The molecule has 5 nitrogen and oxygen atoms in total. The third-order valence-electron chi connectivity index (χ3n) is 4.55. The normalized spacial score (nSPS) is 11.9. The van der Waals surface area contributed by atoms with E-state index in [1.165, 1.54) is 0 Å². The molecule has 0 radical (unpaired) electrons. The quantitative estimate of drug-likeness (QED) is 0.666. The van der Waals surface area contributed by atoms with Gasteiger partial charge in [-0.1, -0.05) is 35.9 Å². The van der Waals surface area contributed by atoms with Gasteiger partial charge in [0.1, 0.15) is 0 Å². The zero-order chi connectivity index (χ0) is 19.3. The van der Waals surface area contributed by atoms with Crippen LogP contribution in [0.15, 0.2) is 66.7 Å². The second-order valence-corrected chi connectivity index (χ2v) is 6.83. The number of amides is 1. The highest BCUT2D eigenvalue weighted by Gasteiger charge is 2.13. The molecule has 1 heterocycles. The predicted molar refractivity (Wildman–Crippen MR) is 110 cm³/mol. The molecular weight excluding hydrogens is 352 g/mol. The Balaban J connectivity index is 1.30. The van der Waals surface area contributed by atoms with E-state index in [0.717, 1.165) is 39.6 Å². The summed E-state index contributed by atoms with van der Waals surface area (Å²) in [6.07, 6.45) is 0.367. The fourth-order valence-electron chi connectivity index (χ4n) is 3.14. The topological polar surface area (TPSA) is 59.6 Å². The molecule has 0 bridgehead atoms. The van der Waals surface area contributed by atoms with E-state index < -0.39 is 0 Å². The lowest BCUT2D eigenvalue weighted by atomic mass is 10.1. The Morgan fingerprint density at radius 1 is 0.893 bits per heavy atom. The number of fused-ring (bicyclic) bond motifs is 1. The van der Waals surface area contributed by atoms with Gasteiger partial charge in [0.25, 0.3) is 0 Å². The first-order valence-electron chi connectivity index (χ1n) is 9.23. The third-order valence-corrected chi connectivity index (χ3v) is 4.55. The highest BCUT2D eigenvalue weighted by Crippen LogP contribution is 2.32. The lowest BCUT2D eigenvalue weighted by molar-refractivity contribution is -0.115. The molecule has 0 fully saturated rings. The summed E-state index contributed by atoms with van der Waals surface area (Å²) in [5.74, 6) is 1.55. The number of carbonyl (C=O) groups excluding carboxylic acids is 1. The van der Waals surface area contributed by atoms with Crippen LogP contribution in [0.2, 0.25) is 0 Å². The molecule has 1 aliphatic rings. The number of rotatable bonds is 6. The largest absolute Gasteiger partial charge is 0.454 e. The fraction of sp³-hybridized carbons (Fsp3) is 0.174. The zero-order valence-corrected chi connectivity index (χ0v) is 15.7. The summed E-state index contributed by atoms with van der Waals surface area (Å²) in [6, 6.07) is 21.6. The summed E-state index contributed by atoms with van der Waals surface area (Å²) >= 11 is 0. The number of ether oxygens (including phenoxy) is 2. The first kappa shape index (κ1) is 17.9. The van der Waals surface area contributed by atoms with Crippen molar-refractivity contribution in [2.24, 2.45) is 0 Å². The molecule has 28 heavy (non-hydrogen) atoms. The summed E-state index contributed by atoms with van der Waals surface area (Å²) < 4.78 is 10.7. The molecule has 0 saturated carbocycles. The molecule has 0 aromatic heterocycles. The lowest BCUT2D eigenvalue weighted by Gasteiger charge is -2.09. The van der Waals surface area contributed by atoms with Crippen LogP contribution in [0.1, 0.15) is 16.7 Å². The molecule has 1 aliphatic heterocycles. The molecule has 0 atom stereocenters. The molecule has 1 amide bonds. The Hall–Kier alpha value is -3.47. The van der Waals surface area contributed by atoms with Gasteiger partial charge >= 0.3 is 0 Å². The summed E-state index contributed by atoms with van der Waals surface area (Å²) in [6.45, 7) is 2.98. The van der Waals surface area contributed by atoms with Gasteiger partial charge in [0.15, 0.2) is 11.5 Å². The molecule has 0 unspecified atom stereocenters. The summed E-state index contributed by atoms with van der Waals surface area (Å²) in [5, 5.41) is 6.31. The molecule has 3 aromatic rings. The van der Waals surface area contributed by atoms with Crippen LogP contribution in [-0.2, 0) is 17.8 Å². The van der Waals surface area contributed by atoms with E-state index in [9.17, 15) is 4.79 Å². The molecule has 3 aromatic carbocycles. The summed E-state index contributed by atoms with van der Waals surface area (Å²) in [7, 11) is 0. The maximum Gasteiger partial charge on any atom is 0.231 e. The van der Waals surface area contributed by atoms with Crippen molar-refractivity contribution in [3.63, 3.8) is 0 Å². The Labute approximate surface area is 164 Å². The van der Waals surface area contributed by atoms with Crippen LogP contribution >= 0.6 is 0 Å². The van der Waals surface area contributed by atoms with Gasteiger partial charge in [-0.2, -0.15) is 0 Å². The van der Waals surface area contributed by atoms with Crippen molar-refractivity contribution in [2.75, 3.05) is 17.4 Å². The number of nitrogens with one attached hydrogen (secondary N) is 2. The number of hydrogen-bond donors (Lipinski definition) is 2. The smallest absolute Gasteiger partial charge is 0.231 e. The third kappa shape index (κ3) is 4.43. The van der Waals surface area contributed by atoms with Gasteiger partial charge in [0.05, 0.1) is 6.42 Å². The average molecular weight is 374 g/mol. The van der Waals surface area contributed by atoms with Crippen molar-refractivity contribution in [1.29, 1.82) is 0 Å². The lowest BCUT2D eigenvalue weighted by Crippen LogP contribution is -2.14. The van der Waals surface area contributed by atoms with E-state index in [-0.39, 0.29) is 12.7 Å². The van der Waals surface area contributed by atoms with Crippen LogP contribution in [-0.4, -0.2) is 12.7 Å². The molecule has 0 aliphatic carbocycles. The van der Waals surface area contributed by atoms with Gasteiger partial charge < -0.3 is 20.1 Å². The molecule has 4 rings (SSSR count). The molecule has 5 heteroatoms. The molecule has 0 saturated heterocycles. The van der Waals surface area contributed by atoms with E-state index in [2.05, 4.69) is 10.6 Å². The Morgan fingerprint density at radius 3 is 2.50 bits per heavy atom. The minimum atomic E-state index is -0.0216. The van der Waals surface area contributed by atoms with Gasteiger partial charge in [0.2, 0.25) is 12.7 Å². The summed E-state index contributed by atoms with van der Waals surface area (Å²) in [5.41, 5.74) is 5.04. The Morgan fingerprint density at radius 2 is 1.68 bits per heavy atom. The fourth-order valence-corrected chi connectivity index (χ4v) is 3.14. The molecular formula is C23H22N2O3. The van der Waals surface area contributed by atoms with Crippen molar-refractivity contribution in [1.82, 2.24) is 0 Å². The maximum atomic E-state index is 12.2. The van der Waals surface area contributed by atoms with Gasteiger partial charge in [-0.05, 0) is 54.4 Å². The van der Waals surface area contributed by atoms with Crippen LogP contribution in [0, 0.1) is 6.92 Å². The van der Waals surface area contributed by atoms with Gasteiger partial charge in [-0.15, -0.1) is 0 Å². The van der Waals surface area contributed by atoms with Crippen molar-refractivity contribution in [2.45, 2.75) is 19.9 Å². The van der Waals surface area contributed by atoms with E-state index in [1.54, 1.807) is 0 Å². The molecule has 2 N–H and O–H groups in total. The zero-order valence-electron chi connectivity index (χ0n) is 15.7. The van der Waals surface area contributed by atoms with E-state index >= 15 is 0 Å². The number of hydrogen-bond acceptors (Lipinski definition) is 4.